The second-order valence-corrected chi connectivity index (χ2v) is 8.61. The number of benzene rings is 2. The van der Waals surface area contributed by atoms with Gasteiger partial charge in [0.2, 0.25) is 17.3 Å². The molecule has 36 heavy (non-hydrogen) atoms. The van der Waals surface area contributed by atoms with Gasteiger partial charge in [0.25, 0.3) is 0 Å². The first-order valence-corrected chi connectivity index (χ1v) is 11.5. The Morgan fingerprint density at radius 2 is 1.72 bits per heavy atom. The summed E-state index contributed by atoms with van der Waals surface area (Å²) in [5, 5.41) is 41.0. The van der Waals surface area contributed by atoms with Crippen LogP contribution in [0.3, 0.4) is 0 Å². The van der Waals surface area contributed by atoms with Crippen molar-refractivity contribution in [1.82, 2.24) is 9.97 Å². The summed E-state index contributed by atoms with van der Waals surface area (Å²) in [5.41, 5.74) is 2.86. The summed E-state index contributed by atoms with van der Waals surface area (Å²) < 4.78 is 5.47. The number of H-pyrrole nitrogens is 2. The Morgan fingerprint density at radius 3 is 2.50 bits per heavy atom. The fourth-order valence-corrected chi connectivity index (χ4v) is 4.61. The number of ketones is 1. The Labute approximate surface area is 204 Å². The van der Waals surface area contributed by atoms with Crippen LogP contribution in [-0.4, -0.2) is 54.9 Å². The van der Waals surface area contributed by atoms with E-state index in [0.29, 0.717) is 34.7 Å². The highest BCUT2D eigenvalue weighted by Crippen LogP contribution is 2.42. The highest BCUT2D eigenvalue weighted by molar-refractivity contribution is 6.18. The summed E-state index contributed by atoms with van der Waals surface area (Å²) in [6, 6.07) is 12.6. The molecule has 0 radical (unpaired) electrons. The van der Waals surface area contributed by atoms with E-state index in [9.17, 15) is 24.9 Å². The number of aliphatic hydroxyl groups is 2. The maximum atomic E-state index is 13.5. The van der Waals surface area contributed by atoms with Crippen LogP contribution in [0.15, 0.2) is 59.3 Å². The van der Waals surface area contributed by atoms with Crippen LogP contribution in [0.25, 0.3) is 32.9 Å². The number of aromatic hydroxyl groups is 1. The SMILES string of the molecule is O=C(O)c1oc(C(=O)c2c[nH]c3c(CCC(O)CCO)cccc23)c(O)c1-c1c[nH]c2ccccc12. The highest BCUT2D eigenvalue weighted by Gasteiger charge is 2.32. The normalized spacial score (nSPS) is 12.4. The van der Waals surface area contributed by atoms with Gasteiger partial charge in [0, 0.05) is 46.4 Å². The van der Waals surface area contributed by atoms with Crippen molar-refractivity contribution < 1.29 is 34.4 Å². The molecule has 9 nitrogen and oxygen atoms in total. The molecule has 0 saturated heterocycles. The number of aliphatic hydroxyl groups excluding tert-OH is 2. The van der Waals surface area contributed by atoms with Gasteiger partial charge in [-0.15, -0.1) is 0 Å². The summed E-state index contributed by atoms with van der Waals surface area (Å²) in [5.74, 6) is -3.60. The molecule has 9 heteroatoms. The minimum atomic E-state index is -1.41. The Hall–Kier alpha value is -4.34. The number of furan rings is 1. The Morgan fingerprint density at radius 1 is 0.944 bits per heavy atom. The zero-order valence-corrected chi connectivity index (χ0v) is 19.1. The van der Waals surface area contributed by atoms with Crippen molar-refractivity contribution >= 4 is 33.6 Å². The maximum Gasteiger partial charge on any atom is 0.372 e. The molecule has 0 aliphatic heterocycles. The number of hydrogen-bond acceptors (Lipinski definition) is 6. The molecule has 2 aromatic carbocycles. The average molecular weight is 488 g/mol. The fraction of sp³-hybridized carbons (Fsp3) is 0.185. The number of carbonyl (C=O) groups excluding carboxylic acids is 1. The summed E-state index contributed by atoms with van der Waals surface area (Å²) in [7, 11) is 0. The fourth-order valence-electron chi connectivity index (χ4n) is 4.61. The highest BCUT2D eigenvalue weighted by atomic mass is 16.4. The van der Waals surface area contributed by atoms with Crippen molar-refractivity contribution in [1.29, 1.82) is 0 Å². The third-order valence-corrected chi connectivity index (χ3v) is 6.40. The van der Waals surface area contributed by atoms with E-state index >= 15 is 0 Å². The van der Waals surface area contributed by atoms with Crippen molar-refractivity contribution in [2.24, 2.45) is 0 Å². The van der Waals surface area contributed by atoms with E-state index in [4.69, 9.17) is 9.52 Å². The molecule has 1 atom stereocenters. The van der Waals surface area contributed by atoms with Gasteiger partial charge in [-0.25, -0.2) is 4.79 Å². The summed E-state index contributed by atoms with van der Waals surface area (Å²) in [4.78, 5) is 31.6. The van der Waals surface area contributed by atoms with Gasteiger partial charge in [-0.05, 0) is 30.9 Å². The van der Waals surface area contributed by atoms with Gasteiger partial charge in [-0.1, -0.05) is 36.4 Å². The lowest BCUT2D eigenvalue weighted by atomic mass is 9.99. The van der Waals surface area contributed by atoms with Crippen LogP contribution in [0.2, 0.25) is 0 Å². The zero-order chi connectivity index (χ0) is 25.4. The van der Waals surface area contributed by atoms with E-state index in [0.717, 1.165) is 11.1 Å². The Kier molecular flexibility index (Phi) is 6.09. The molecule has 5 aromatic rings. The number of aromatic carboxylic acids is 1. The number of nitrogens with one attached hydrogen (secondary N) is 2. The molecule has 6 N–H and O–H groups in total. The van der Waals surface area contributed by atoms with Crippen LogP contribution in [0.1, 0.15) is 45.1 Å². The quantitative estimate of drug-likeness (QED) is 0.169. The first kappa shape index (κ1) is 23.4. The van der Waals surface area contributed by atoms with Gasteiger partial charge in [-0.3, -0.25) is 4.79 Å². The summed E-state index contributed by atoms with van der Waals surface area (Å²) >= 11 is 0. The number of carboxylic acid groups (broad SMARTS) is 1. The second kappa shape index (κ2) is 9.37. The molecule has 0 amide bonds. The third-order valence-electron chi connectivity index (χ3n) is 6.40. The monoisotopic (exact) mass is 488 g/mol. The van der Waals surface area contributed by atoms with E-state index < -0.39 is 35.1 Å². The Bertz CT molecular complexity index is 1590. The van der Waals surface area contributed by atoms with Gasteiger partial charge in [0.1, 0.15) is 0 Å². The van der Waals surface area contributed by atoms with Crippen molar-refractivity contribution in [3.8, 4) is 16.9 Å². The molecule has 184 valence electrons. The first-order chi connectivity index (χ1) is 17.4. The van der Waals surface area contributed by atoms with Crippen LogP contribution >= 0.6 is 0 Å². The third kappa shape index (κ3) is 3.94. The first-order valence-electron chi connectivity index (χ1n) is 11.5. The second-order valence-electron chi connectivity index (χ2n) is 8.61. The van der Waals surface area contributed by atoms with E-state index in [1.54, 1.807) is 30.5 Å². The number of hydrogen-bond donors (Lipinski definition) is 6. The molecular formula is C27H24N2O7. The zero-order valence-electron chi connectivity index (χ0n) is 19.1. The van der Waals surface area contributed by atoms with E-state index in [1.165, 1.54) is 6.20 Å². The molecule has 0 spiro atoms. The maximum absolute atomic E-state index is 13.5. The van der Waals surface area contributed by atoms with Gasteiger partial charge in [-0.2, -0.15) is 0 Å². The molecule has 0 saturated carbocycles. The van der Waals surface area contributed by atoms with E-state index in [2.05, 4.69) is 9.97 Å². The lowest BCUT2D eigenvalue weighted by Gasteiger charge is -2.09. The number of aromatic amines is 2. The van der Waals surface area contributed by atoms with Crippen LogP contribution in [0.4, 0.5) is 0 Å². The number of para-hydroxylation sites is 2. The predicted octanol–water partition coefficient (Wildman–Crippen LogP) is 4.22. The molecule has 0 bridgehead atoms. The number of carboxylic acids is 1. The van der Waals surface area contributed by atoms with Gasteiger partial charge in [0.05, 0.1) is 17.2 Å². The van der Waals surface area contributed by atoms with Crippen molar-refractivity contribution in [2.45, 2.75) is 25.4 Å². The number of rotatable bonds is 9. The lowest BCUT2D eigenvalue weighted by Crippen LogP contribution is -2.10. The van der Waals surface area contributed by atoms with Crippen molar-refractivity contribution in [3.63, 3.8) is 0 Å². The molecule has 3 heterocycles. The molecule has 5 rings (SSSR count). The predicted molar refractivity (Wildman–Crippen MR) is 132 cm³/mol. The number of aromatic nitrogens is 2. The summed E-state index contributed by atoms with van der Waals surface area (Å²) in [6.45, 7) is -0.0992. The number of aryl methyl sites for hydroxylation is 1. The molecule has 0 aliphatic rings. The van der Waals surface area contributed by atoms with E-state index in [-0.39, 0.29) is 24.2 Å². The summed E-state index contributed by atoms with van der Waals surface area (Å²) in [6.07, 6.45) is 3.67. The van der Waals surface area contributed by atoms with Crippen molar-refractivity contribution in [3.05, 3.63) is 77.5 Å². The molecule has 3 aromatic heterocycles. The number of carbonyl (C=O) groups is 2. The Balaban J connectivity index is 1.56. The minimum absolute atomic E-state index is 0.0679. The van der Waals surface area contributed by atoms with Gasteiger partial charge in [0.15, 0.2) is 5.75 Å². The van der Waals surface area contributed by atoms with Crippen molar-refractivity contribution in [2.75, 3.05) is 6.61 Å². The molecular weight excluding hydrogens is 464 g/mol. The van der Waals surface area contributed by atoms with Gasteiger partial charge < -0.3 is 34.8 Å². The standard InChI is InChI=1S/C27H24N2O7/c30-11-10-15(31)9-8-14-4-3-6-17-19(13-29-22(14)17)23(32)26-24(33)21(25(36-26)27(34)35)18-12-28-20-7-2-1-5-16(18)20/h1-7,12-13,15,28-31,33H,8-11H2,(H,34,35). The van der Waals surface area contributed by atoms with Crippen LogP contribution in [-0.2, 0) is 6.42 Å². The number of fused-ring (bicyclic) bond motifs is 2. The van der Waals surface area contributed by atoms with Crippen LogP contribution in [0, 0.1) is 0 Å². The topological polar surface area (TPSA) is 160 Å². The largest absolute Gasteiger partial charge is 0.504 e. The smallest absolute Gasteiger partial charge is 0.372 e. The van der Waals surface area contributed by atoms with E-state index in [1.807, 2.05) is 18.2 Å². The van der Waals surface area contributed by atoms with Crippen LogP contribution in [0.5, 0.6) is 5.75 Å². The lowest BCUT2D eigenvalue weighted by molar-refractivity contribution is 0.0661. The van der Waals surface area contributed by atoms with Crippen LogP contribution < -0.4 is 0 Å². The average Bonchev–Trinajstić information content (AvgIpc) is 3.57. The molecule has 0 fully saturated rings. The molecule has 0 aliphatic carbocycles. The minimum Gasteiger partial charge on any atom is -0.504 e. The van der Waals surface area contributed by atoms with Gasteiger partial charge >= 0.3 is 5.97 Å². The molecule has 1 unspecified atom stereocenters.